The van der Waals surface area contributed by atoms with Crippen LogP contribution in [0.15, 0.2) is 34.2 Å². The second-order valence-corrected chi connectivity index (χ2v) is 12.0. The lowest BCUT2D eigenvalue weighted by atomic mass is 9.95. The first kappa shape index (κ1) is 25.3. The Kier molecular flexibility index (Phi) is 8.26. The number of thioether (sulfide) groups is 1. The lowest BCUT2D eigenvalue weighted by molar-refractivity contribution is -0.122. The van der Waals surface area contributed by atoms with Gasteiger partial charge in [-0.05, 0) is 38.2 Å². The first-order chi connectivity index (χ1) is 17.6. The van der Waals surface area contributed by atoms with Crippen molar-refractivity contribution in [3.63, 3.8) is 0 Å². The summed E-state index contributed by atoms with van der Waals surface area (Å²) in [5.41, 5.74) is 0.609. The number of aromatic nitrogens is 2. The summed E-state index contributed by atoms with van der Waals surface area (Å²) >= 11 is 2.77. The number of hydrogen-bond donors (Lipinski definition) is 2. The maximum Gasteiger partial charge on any atom is 0.272 e. The van der Waals surface area contributed by atoms with Crippen LogP contribution in [0, 0.1) is 0 Å². The Morgan fingerprint density at radius 1 is 0.972 bits per heavy atom. The zero-order chi connectivity index (χ0) is 24.9. The molecule has 2 aromatic heterocycles. The van der Waals surface area contributed by atoms with Crippen molar-refractivity contribution in [3.05, 3.63) is 34.6 Å². The topological polar surface area (TPSA) is 93.1 Å². The number of nitrogens with zero attached hydrogens (tertiary/aromatic N) is 2. The van der Waals surface area contributed by atoms with E-state index in [4.69, 9.17) is 4.98 Å². The number of fused-ring (bicyclic) bond motifs is 3. The van der Waals surface area contributed by atoms with Gasteiger partial charge in [0.2, 0.25) is 11.8 Å². The zero-order valence-electron chi connectivity index (χ0n) is 20.6. The number of thiophene rings is 1. The molecular formula is C27H34N4O3S2. The van der Waals surface area contributed by atoms with Crippen LogP contribution in [0.5, 0.6) is 0 Å². The first-order valence-corrected chi connectivity index (χ1v) is 15.0. The minimum atomic E-state index is -0.0902. The standard InChI is InChI=1S/C27H34N4O3S2/c32-22(28-18-9-2-1-3-10-18)15-8-16-31-26(34)25-24(20-13-6-7-14-21(20)36-25)30-27(31)35-17-23(33)29-19-11-4-5-12-19/h6-7,13-14,18-19H,1-5,8-12,15-17H2,(H,28,32)(H,29,33). The Labute approximate surface area is 219 Å². The van der Waals surface area contributed by atoms with E-state index in [1.165, 1.54) is 42.4 Å². The van der Waals surface area contributed by atoms with Crippen LogP contribution in [0.25, 0.3) is 20.3 Å². The van der Waals surface area contributed by atoms with E-state index in [0.29, 0.717) is 34.8 Å². The van der Waals surface area contributed by atoms with Crippen molar-refractivity contribution in [2.75, 3.05) is 5.75 Å². The molecular weight excluding hydrogens is 492 g/mol. The van der Waals surface area contributed by atoms with Crippen molar-refractivity contribution in [2.24, 2.45) is 0 Å². The summed E-state index contributed by atoms with van der Waals surface area (Å²) in [6.45, 7) is 0.403. The number of rotatable bonds is 9. The van der Waals surface area contributed by atoms with Gasteiger partial charge < -0.3 is 10.6 Å². The smallest absolute Gasteiger partial charge is 0.272 e. The molecule has 2 saturated carbocycles. The van der Waals surface area contributed by atoms with Crippen LogP contribution in [-0.4, -0.2) is 39.2 Å². The largest absolute Gasteiger partial charge is 0.353 e. The molecule has 7 nitrogen and oxygen atoms in total. The highest BCUT2D eigenvalue weighted by Crippen LogP contribution is 2.32. The highest BCUT2D eigenvalue weighted by molar-refractivity contribution is 7.99. The van der Waals surface area contributed by atoms with E-state index in [1.807, 2.05) is 24.3 Å². The summed E-state index contributed by atoms with van der Waals surface area (Å²) in [5, 5.41) is 7.78. The van der Waals surface area contributed by atoms with Crippen LogP contribution in [0.3, 0.4) is 0 Å². The Balaban J connectivity index is 1.32. The third-order valence-electron chi connectivity index (χ3n) is 7.26. The second-order valence-electron chi connectivity index (χ2n) is 9.97. The lowest BCUT2D eigenvalue weighted by Gasteiger charge is -2.22. The van der Waals surface area contributed by atoms with E-state index in [2.05, 4.69) is 10.6 Å². The van der Waals surface area contributed by atoms with Gasteiger partial charge in [0, 0.05) is 35.1 Å². The minimum absolute atomic E-state index is 0.0187. The Morgan fingerprint density at radius 3 is 2.39 bits per heavy atom. The average molecular weight is 527 g/mol. The molecule has 0 saturated heterocycles. The van der Waals surface area contributed by atoms with Gasteiger partial charge in [-0.25, -0.2) is 4.98 Å². The molecule has 0 bridgehead atoms. The number of amides is 2. The highest BCUT2D eigenvalue weighted by Gasteiger charge is 2.20. The molecule has 36 heavy (non-hydrogen) atoms. The summed E-state index contributed by atoms with van der Waals surface area (Å²) in [4.78, 5) is 43.5. The second kappa shape index (κ2) is 11.8. The van der Waals surface area contributed by atoms with Gasteiger partial charge in [0.1, 0.15) is 4.70 Å². The van der Waals surface area contributed by atoms with E-state index < -0.39 is 0 Å². The SMILES string of the molecule is O=C(CCCn1c(SCC(=O)NC2CCCC2)nc2c(sc3ccccc32)c1=O)NC1CCCCC1. The normalized spacial score (nSPS) is 17.1. The average Bonchev–Trinajstić information content (AvgIpc) is 3.53. The van der Waals surface area contributed by atoms with Gasteiger partial charge in [0.05, 0.1) is 11.3 Å². The molecule has 2 heterocycles. The molecule has 2 amide bonds. The van der Waals surface area contributed by atoms with Crippen LogP contribution >= 0.6 is 23.1 Å². The lowest BCUT2D eigenvalue weighted by Crippen LogP contribution is -2.36. The van der Waals surface area contributed by atoms with E-state index in [9.17, 15) is 14.4 Å². The molecule has 9 heteroatoms. The molecule has 2 N–H and O–H groups in total. The molecule has 1 aromatic carbocycles. The molecule has 0 radical (unpaired) electrons. The number of carbonyl (C=O) groups excluding carboxylic acids is 2. The summed E-state index contributed by atoms with van der Waals surface area (Å²) in [6, 6.07) is 8.46. The maximum absolute atomic E-state index is 13.6. The van der Waals surface area contributed by atoms with Gasteiger partial charge in [-0.15, -0.1) is 11.3 Å². The fourth-order valence-corrected chi connectivity index (χ4v) is 7.30. The molecule has 0 spiro atoms. The van der Waals surface area contributed by atoms with E-state index >= 15 is 0 Å². The predicted octanol–water partition coefficient (Wildman–Crippen LogP) is 4.99. The Bertz CT molecular complexity index is 1290. The molecule has 0 unspecified atom stereocenters. The molecule has 2 aliphatic rings. The number of benzene rings is 1. The summed E-state index contributed by atoms with van der Waals surface area (Å²) in [5.74, 6) is 0.254. The van der Waals surface area contributed by atoms with E-state index in [1.54, 1.807) is 4.57 Å². The zero-order valence-corrected chi connectivity index (χ0v) is 22.2. The number of nitrogens with one attached hydrogen (secondary N) is 2. The molecule has 2 fully saturated rings. The molecule has 2 aliphatic carbocycles. The van der Waals surface area contributed by atoms with Crippen LogP contribution < -0.4 is 16.2 Å². The fourth-order valence-electron chi connectivity index (χ4n) is 5.37. The van der Waals surface area contributed by atoms with Gasteiger partial charge in [-0.2, -0.15) is 0 Å². The molecule has 3 aromatic rings. The summed E-state index contributed by atoms with van der Waals surface area (Å²) in [6.07, 6.45) is 11.0. The van der Waals surface area contributed by atoms with E-state index in [-0.39, 0.29) is 35.2 Å². The summed E-state index contributed by atoms with van der Waals surface area (Å²) < 4.78 is 3.32. The van der Waals surface area contributed by atoms with Crippen molar-refractivity contribution in [3.8, 4) is 0 Å². The Hall–Kier alpha value is -2.39. The third kappa shape index (κ3) is 5.94. The number of carbonyl (C=O) groups is 2. The van der Waals surface area contributed by atoms with Crippen molar-refractivity contribution in [1.82, 2.24) is 20.2 Å². The summed E-state index contributed by atoms with van der Waals surface area (Å²) in [7, 11) is 0. The molecule has 0 atom stereocenters. The van der Waals surface area contributed by atoms with Gasteiger partial charge in [-0.1, -0.05) is 62.1 Å². The fraction of sp³-hybridized carbons (Fsp3) is 0.556. The Morgan fingerprint density at radius 2 is 1.64 bits per heavy atom. The maximum atomic E-state index is 13.6. The van der Waals surface area contributed by atoms with Gasteiger partial charge in [-0.3, -0.25) is 19.0 Å². The van der Waals surface area contributed by atoms with Gasteiger partial charge >= 0.3 is 0 Å². The molecule has 0 aliphatic heterocycles. The predicted molar refractivity (Wildman–Crippen MR) is 147 cm³/mol. The van der Waals surface area contributed by atoms with Gasteiger partial charge in [0.25, 0.3) is 5.56 Å². The van der Waals surface area contributed by atoms with Crippen molar-refractivity contribution in [2.45, 2.75) is 94.4 Å². The minimum Gasteiger partial charge on any atom is -0.353 e. The van der Waals surface area contributed by atoms with Crippen LogP contribution in [-0.2, 0) is 16.1 Å². The third-order valence-corrected chi connectivity index (χ3v) is 9.38. The first-order valence-electron chi connectivity index (χ1n) is 13.2. The highest BCUT2D eigenvalue weighted by atomic mass is 32.2. The van der Waals surface area contributed by atoms with Crippen molar-refractivity contribution >= 4 is 55.2 Å². The van der Waals surface area contributed by atoms with Crippen LogP contribution in [0.4, 0.5) is 0 Å². The van der Waals surface area contributed by atoms with E-state index in [0.717, 1.165) is 48.6 Å². The van der Waals surface area contributed by atoms with Crippen molar-refractivity contribution < 1.29 is 9.59 Å². The molecule has 5 rings (SSSR count). The van der Waals surface area contributed by atoms with Crippen LogP contribution in [0.1, 0.15) is 70.6 Å². The van der Waals surface area contributed by atoms with Gasteiger partial charge in [0.15, 0.2) is 5.16 Å². The quantitative estimate of drug-likeness (QED) is 0.303. The monoisotopic (exact) mass is 526 g/mol. The molecule has 192 valence electrons. The number of hydrogen-bond acceptors (Lipinski definition) is 6. The van der Waals surface area contributed by atoms with Crippen LogP contribution in [0.2, 0.25) is 0 Å². The van der Waals surface area contributed by atoms with Crippen molar-refractivity contribution in [1.29, 1.82) is 0 Å².